The Bertz CT molecular complexity index is 1230. The zero-order valence-electron chi connectivity index (χ0n) is 38.7. The Hall–Kier alpha value is -3.67. The van der Waals surface area contributed by atoms with E-state index < -0.39 is 6.10 Å². The first-order valence-electron chi connectivity index (χ1n) is 24.2. The van der Waals surface area contributed by atoms with Gasteiger partial charge in [-0.2, -0.15) is 0 Å². The zero-order chi connectivity index (χ0) is 43.7. The van der Waals surface area contributed by atoms with Crippen molar-refractivity contribution in [2.45, 2.75) is 213 Å². The van der Waals surface area contributed by atoms with Crippen LogP contribution in [0.4, 0.5) is 0 Å². The van der Waals surface area contributed by atoms with Gasteiger partial charge in [-0.15, -0.1) is 0 Å². The van der Waals surface area contributed by atoms with Crippen LogP contribution in [0.2, 0.25) is 0 Å². The number of carbonyl (C=O) groups is 3. The standard InChI is InChI=1S/C54H88O6/c1-4-7-10-13-15-17-19-21-23-24-25-26-27-28-29-30-31-33-34-36-38-41-44-47-53(56)59-50-51(49-58-52(55)46-43-40-12-9-6-3)60-54(57)48-45-42-39-37-35-32-22-20-18-16-14-11-8-5-2/h7,10,14-17,20-23,25-26,28-29,31,33,51H,4-6,8-9,11-13,18-19,24,27,30,32,34-50H2,1-3H3/b10-7-,16-14-,17-15-,22-20-,23-21-,26-25-,29-28-,33-31-. The zero-order valence-corrected chi connectivity index (χ0v) is 38.7. The van der Waals surface area contributed by atoms with Crippen LogP contribution < -0.4 is 0 Å². The minimum atomic E-state index is -0.792. The molecule has 0 spiro atoms. The third kappa shape index (κ3) is 45.4. The van der Waals surface area contributed by atoms with E-state index in [1.54, 1.807) is 0 Å². The van der Waals surface area contributed by atoms with E-state index in [1.165, 1.54) is 19.3 Å². The Morgan fingerprint density at radius 3 is 1.07 bits per heavy atom. The van der Waals surface area contributed by atoms with Crippen LogP contribution in [0.25, 0.3) is 0 Å². The summed E-state index contributed by atoms with van der Waals surface area (Å²) in [5, 5.41) is 0. The predicted molar refractivity (Wildman–Crippen MR) is 256 cm³/mol. The molecule has 6 nitrogen and oxygen atoms in total. The lowest BCUT2D eigenvalue weighted by molar-refractivity contribution is -0.167. The molecule has 0 aliphatic heterocycles. The molecule has 0 heterocycles. The number of hydrogen-bond donors (Lipinski definition) is 0. The van der Waals surface area contributed by atoms with Crippen molar-refractivity contribution in [1.29, 1.82) is 0 Å². The van der Waals surface area contributed by atoms with Gasteiger partial charge in [0.05, 0.1) is 0 Å². The van der Waals surface area contributed by atoms with E-state index in [4.69, 9.17) is 14.2 Å². The van der Waals surface area contributed by atoms with Crippen molar-refractivity contribution in [3.63, 3.8) is 0 Å². The van der Waals surface area contributed by atoms with Crippen molar-refractivity contribution >= 4 is 17.9 Å². The molecule has 0 aliphatic carbocycles. The highest BCUT2D eigenvalue weighted by molar-refractivity contribution is 5.71. The summed E-state index contributed by atoms with van der Waals surface area (Å²) in [5.74, 6) is -0.955. The number of ether oxygens (including phenoxy) is 3. The molecule has 0 aromatic carbocycles. The highest BCUT2D eigenvalue weighted by Crippen LogP contribution is 2.12. The topological polar surface area (TPSA) is 78.9 Å². The number of hydrogen-bond acceptors (Lipinski definition) is 6. The molecular weight excluding hydrogens is 745 g/mol. The third-order valence-electron chi connectivity index (χ3n) is 9.82. The molecule has 0 aromatic rings. The van der Waals surface area contributed by atoms with Crippen LogP contribution in [0.1, 0.15) is 207 Å². The molecule has 6 heteroatoms. The largest absolute Gasteiger partial charge is 0.462 e. The van der Waals surface area contributed by atoms with Gasteiger partial charge in [0.15, 0.2) is 6.10 Å². The summed E-state index contributed by atoms with van der Waals surface area (Å²) in [6.45, 7) is 6.34. The summed E-state index contributed by atoms with van der Waals surface area (Å²) in [6, 6.07) is 0. The summed E-state index contributed by atoms with van der Waals surface area (Å²) < 4.78 is 16.6. The molecule has 0 saturated heterocycles. The number of rotatable bonds is 42. The molecule has 0 radical (unpaired) electrons. The van der Waals surface area contributed by atoms with Crippen molar-refractivity contribution < 1.29 is 28.6 Å². The Balaban J connectivity index is 4.26. The van der Waals surface area contributed by atoms with Crippen molar-refractivity contribution in [3.05, 3.63) is 97.2 Å². The van der Waals surface area contributed by atoms with Crippen LogP contribution in [0, 0.1) is 0 Å². The normalized spacial score (nSPS) is 12.9. The van der Waals surface area contributed by atoms with Crippen LogP contribution in [0.5, 0.6) is 0 Å². The van der Waals surface area contributed by atoms with Gasteiger partial charge in [-0.3, -0.25) is 14.4 Å². The molecule has 60 heavy (non-hydrogen) atoms. The van der Waals surface area contributed by atoms with Crippen LogP contribution >= 0.6 is 0 Å². The second-order valence-electron chi connectivity index (χ2n) is 15.6. The summed E-state index contributed by atoms with van der Waals surface area (Å²) in [7, 11) is 0. The quantitative estimate of drug-likeness (QED) is 0.0264. The number of esters is 3. The average Bonchev–Trinajstić information content (AvgIpc) is 3.24. The van der Waals surface area contributed by atoms with E-state index in [9.17, 15) is 14.4 Å². The van der Waals surface area contributed by atoms with E-state index in [-0.39, 0.29) is 31.1 Å². The first kappa shape index (κ1) is 56.3. The van der Waals surface area contributed by atoms with Gasteiger partial charge in [0, 0.05) is 19.3 Å². The fourth-order valence-electron chi connectivity index (χ4n) is 6.17. The van der Waals surface area contributed by atoms with Gasteiger partial charge < -0.3 is 14.2 Å². The highest BCUT2D eigenvalue weighted by Gasteiger charge is 2.19. The Morgan fingerprint density at radius 1 is 0.350 bits per heavy atom. The molecule has 0 N–H and O–H groups in total. The fraction of sp³-hybridized carbons (Fsp3) is 0.648. The number of unbranched alkanes of at least 4 members (excludes halogenated alkanes) is 15. The first-order chi connectivity index (χ1) is 29.5. The van der Waals surface area contributed by atoms with Crippen molar-refractivity contribution in [3.8, 4) is 0 Å². The summed E-state index contributed by atoms with van der Waals surface area (Å²) >= 11 is 0. The second-order valence-corrected chi connectivity index (χ2v) is 15.6. The Morgan fingerprint density at radius 2 is 0.667 bits per heavy atom. The van der Waals surface area contributed by atoms with Gasteiger partial charge in [0.2, 0.25) is 0 Å². The smallest absolute Gasteiger partial charge is 0.306 e. The van der Waals surface area contributed by atoms with Crippen LogP contribution in [0.15, 0.2) is 97.2 Å². The minimum Gasteiger partial charge on any atom is -0.462 e. The maximum absolute atomic E-state index is 12.7. The maximum Gasteiger partial charge on any atom is 0.306 e. The summed E-state index contributed by atoms with van der Waals surface area (Å²) in [5.41, 5.74) is 0. The molecule has 0 aliphatic rings. The fourth-order valence-corrected chi connectivity index (χ4v) is 6.17. The molecule has 0 bridgehead atoms. The predicted octanol–water partition coefficient (Wildman–Crippen LogP) is 15.8. The van der Waals surface area contributed by atoms with E-state index in [0.717, 1.165) is 148 Å². The highest BCUT2D eigenvalue weighted by atomic mass is 16.6. The first-order valence-corrected chi connectivity index (χ1v) is 24.2. The van der Waals surface area contributed by atoms with Gasteiger partial charge in [-0.1, -0.05) is 189 Å². The molecule has 1 unspecified atom stereocenters. The van der Waals surface area contributed by atoms with E-state index in [2.05, 4.69) is 118 Å². The molecule has 0 aromatic heterocycles. The monoisotopic (exact) mass is 833 g/mol. The van der Waals surface area contributed by atoms with E-state index in [1.807, 2.05) is 0 Å². The number of carbonyl (C=O) groups excluding carboxylic acids is 3. The minimum absolute atomic E-state index is 0.0938. The molecule has 1 atom stereocenters. The lowest BCUT2D eigenvalue weighted by atomic mass is 10.1. The number of allylic oxidation sites excluding steroid dienone is 16. The van der Waals surface area contributed by atoms with Crippen LogP contribution in [-0.4, -0.2) is 37.2 Å². The lowest BCUT2D eigenvalue weighted by Gasteiger charge is -2.18. The van der Waals surface area contributed by atoms with E-state index >= 15 is 0 Å². The molecule has 0 fully saturated rings. The van der Waals surface area contributed by atoms with Gasteiger partial charge in [-0.05, 0) is 96.3 Å². The molecule has 0 rings (SSSR count). The van der Waals surface area contributed by atoms with Gasteiger partial charge in [0.1, 0.15) is 13.2 Å². The van der Waals surface area contributed by atoms with Crippen LogP contribution in [-0.2, 0) is 28.6 Å². The third-order valence-corrected chi connectivity index (χ3v) is 9.82. The van der Waals surface area contributed by atoms with Gasteiger partial charge in [0.25, 0.3) is 0 Å². The van der Waals surface area contributed by atoms with Crippen molar-refractivity contribution in [2.24, 2.45) is 0 Å². The Kier molecular flexibility index (Phi) is 45.1. The lowest BCUT2D eigenvalue weighted by Crippen LogP contribution is -2.30. The van der Waals surface area contributed by atoms with E-state index in [0.29, 0.717) is 19.3 Å². The average molecular weight is 833 g/mol. The molecular formula is C54H88O6. The molecule has 0 saturated carbocycles. The molecule has 0 amide bonds. The van der Waals surface area contributed by atoms with Crippen molar-refractivity contribution in [2.75, 3.05) is 13.2 Å². The maximum atomic E-state index is 12.7. The van der Waals surface area contributed by atoms with Crippen molar-refractivity contribution in [1.82, 2.24) is 0 Å². The van der Waals surface area contributed by atoms with Gasteiger partial charge >= 0.3 is 17.9 Å². The SMILES string of the molecule is CC/C=C\C/C=C\C/C=C\C/C=C\C/C=C\C/C=C\CCCCCCC(=O)OCC(COC(=O)CCCCCCC)OC(=O)CCCCCCC/C=C\C/C=C\CCCC. The van der Waals surface area contributed by atoms with Gasteiger partial charge in [-0.25, -0.2) is 0 Å². The van der Waals surface area contributed by atoms with Crippen LogP contribution in [0.3, 0.4) is 0 Å². The summed E-state index contributed by atoms with van der Waals surface area (Å²) in [4.78, 5) is 37.6. The Labute approximate surface area is 368 Å². The molecule has 340 valence electrons. The summed E-state index contributed by atoms with van der Waals surface area (Å²) in [6.07, 6.45) is 62.8. The second kappa shape index (κ2) is 48.0.